The van der Waals surface area contributed by atoms with Crippen molar-refractivity contribution in [2.45, 2.75) is 0 Å². The summed E-state index contributed by atoms with van der Waals surface area (Å²) in [6, 6.07) is 0. The molecule has 0 aliphatic heterocycles. The summed E-state index contributed by atoms with van der Waals surface area (Å²) in [5, 5.41) is 0. The number of hydrogen-bond donors (Lipinski definition) is 1. The van der Waals surface area contributed by atoms with Crippen LogP contribution in [0.5, 0.6) is 0 Å². The fourth-order valence-corrected chi connectivity index (χ4v) is 0. The molecule has 0 aromatic rings. The van der Waals surface area contributed by atoms with E-state index in [4.69, 9.17) is 4.55 Å². The maximum Gasteiger partial charge on any atom is 0.261 e. The summed E-state index contributed by atoms with van der Waals surface area (Å²) in [7, 11) is -3.67. The van der Waals surface area contributed by atoms with Crippen molar-refractivity contribution in [1.82, 2.24) is 0 Å². The molecule has 0 bridgehead atoms. The first-order chi connectivity index (χ1) is 2.00. The molecule has 1 radical (unpaired) electrons. The Labute approximate surface area is 56.7 Å². The van der Waals surface area contributed by atoms with Crippen LogP contribution in [0.3, 0.4) is 0 Å². The van der Waals surface area contributed by atoms with Crippen LogP contribution in [-0.4, -0.2) is 46.5 Å². The van der Waals surface area contributed by atoms with Gasteiger partial charge in [0.05, 0.1) is 6.26 Å². The van der Waals surface area contributed by atoms with Gasteiger partial charge in [-0.1, -0.05) is 0 Å². The second-order valence-corrected chi connectivity index (χ2v) is 2.20. The van der Waals surface area contributed by atoms with E-state index >= 15 is 0 Å². The van der Waals surface area contributed by atoms with Crippen molar-refractivity contribution in [3.05, 3.63) is 0 Å². The van der Waals surface area contributed by atoms with Crippen LogP contribution >= 0.6 is 0 Å². The van der Waals surface area contributed by atoms with Gasteiger partial charge in [0.1, 0.15) is 0 Å². The summed E-state index contributed by atoms with van der Waals surface area (Å²) >= 11 is 0. The van der Waals surface area contributed by atoms with Gasteiger partial charge in [-0.25, -0.2) is 0 Å². The average Bonchev–Trinajstić information content (AvgIpc) is 0.722. The zero-order valence-corrected chi connectivity index (χ0v) is 8.55. The van der Waals surface area contributed by atoms with Crippen LogP contribution in [0, 0.1) is 0 Å². The van der Waals surface area contributed by atoms with E-state index in [2.05, 4.69) is 0 Å². The standard InChI is InChI=1S/CH4O3S.Tl/c1-5(2,3)4;/h1H3,(H,2,3,4);. The summed E-state index contributed by atoms with van der Waals surface area (Å²) in [6.45, 7) is 0. The van der Waals surface area contributed by atoms with Crippen LogP contribution in [0.2, 0.25) is 0 Å². The first-order valence-electron chi connectivity index (χ1n) is 0.924. The summed E-state index contributed by atoms with van der Waals surface area (Å²) in [4.78, 5) is 0. The molecule has 0 aliphatic carbocycles. The molecule has 0 unspecified atom stereocenters. The molecule has 0 amide bonds. The maximum atomic E-state index is 9.19. The third kappa shape index (κ3) is 102. The van der Waals surface area contributed by atoms with Crippen molar-refractivity contribution in [3.63, 3.8) is 0 Å². The Balaban J connectivity index is 0. The molecule has 0 fully saturated rings. The Hall–Kier alpha value is 0.832. The second kappa shape index (κ2) is 2.92. The Morgan fingerprint density at radius 2 is 1.50 bits per heavy atom. The first kappa shape index (κ1) is 9.95. The quantitative estimate of drug-likeness (QED) is 0.467. The van der Waals surface area contributed by atoms with Gasteiger partial charge in [-0.15, -0.1) is 0 Å². The predicted molar refractivity (Wildman–Crippen MR) is 23.2 cm³/mol. The van der Waals surface area contributed by atoms with E-state index in [1.54, 1.807) is 0 Å². The van der Waals surface area contributed by atoms with E-state index in [9.17, 15) is 8.42 Å². The van der Waals surface area contributed by atoms with Crippen molar-refractivity contribution in [1.29, 1.82) is 0 Å². The van der Waals surface area contributed by atoms with Crippen molar-refractivity contribution >= 4 is 37.4 Å². The van der Waals surface area contributed by atoms with E-state index < -0.39 is 10.1 Å². The van der Waals surface area contributed by atoms with E-state index in [0.717, 1.165) is 0 Å². The van der Waals surface area contributed by atoms with Gasteiger partial charge in [0.25, 0.3) is 10.1 Å². The Morgan fingerprint density at radius 3 is 1.50 bits per heavy atom. The molecule has 0 heterocycles. The molecular weight excluding hydrogens is 296 g/mol. The normalized spacial score (nSPS) is 9.67. The number of hydrogen-bond acceptors (Lipinski definition) is 2. The first-order valence-corrected chi connectivity index (χ1v) is 2.77. The zero-order chi connectivity index (χ0) is 4.50. The Morgan fingerprint density at radius 1 is 1.50 bits per heavy atom. The topological polar surface area (TPSA) is 54.4 Å². The van der Waals surface area contributed by atoms with E-state index in [1.807, 2.05) is 0 Å². The molecular formula is CH4O3STl. The van der Waals surface area contributed by atoms with Gasteiger partial charge >= 0.3 is 0 Å². The summed E-state index contributed by atoms with van der Waals surface area (Å²) in [6.07, 6.45) is 0.715. The summed E-state index contributed by atoms with van der Waals surface area (Å²) in [5.41, 5.74) is 0. The molecule has 5 heteroatoms. The van der Waals surface area contributed by atoms with Crippen molar-refractivity contribution < 1.29 is 13.0 Å². The Kier molecular flexibility index (Phi) is 4.84. The maximum absolute atomic E-state index is 9.19. The SMILES string of the molecule is CS(=O)(=O)O.[Tl]. The Bertz CT molecular complexity index is 94.0. The van der Waals surface area contributed by atoms with Crippen LogP contribution in [0.4, 0.5) is 0 Å². The fraction of sp³-hybridized carbons (Fsp3) is 1.00. The molecule has 0 aromatic carbocycles. The molecule has 0 spiro atoms. The molecule has 0 saturated heterocycles. The summed E-state index contributed by atoms with van der Waals surface area (Å²) < 4.78 is 25.9. The van der Waals surface area contributed by atoms with Crippen molar-refractivity contribution in [2.75, 3.05) is 6.26 Å². The molecule has 0 aromatic heterocycles. The van der Waals surface area contributed by atoms with E-state index in [1.165, 1.54) is 0 Å². The van der Waals surface area contributed by atoms with Gasteiger partial charge < -0.3 is 0 Å². The van der Waals surface area contributed by atoms with Crippen LogP contribution in [0.1, 0.15) is 0 Å². The van der Waals surface area contributed by atoms with E-state index in [-0.39, 0.29) is 27.3 Å². The molecule has 3 nitrogen and oxygen atoms in total. The van der Waals surface area contributed by atoms with E-state index in [0.29, 0.717) is 6.26 Å². The molecule has 6 heavy (non-hydrogen) atoms. The van der Waals surface area contributed by atoms with Gasteiger partial charge in [-0.2, -0.15) is 8.42 Å². The minimum Gasteiger partial charge on any atom is -0.286 e. The number of rotatable bonds is 0. The van der Waals surface area contributed by atoms with Crippen LogP contribution in [0.25, 0.3) is 0 Å². The fourth-order valence-electron chi connectivity index (χ4n) is 0. The predicted octanol–water partition coefficient (Wildman–Crippen LogP) is -0.877. The van der Waals surface area contributed by atoms with Crippen LogP contribution in [0.15, 0.2) is 0 Å². The molecule has 1 N–H and O–H groups in total. The minimum atomic E-state index is -3.67. The summed E-state index contributed by atoms with van der Waals surface area (Å²) in [5.74, 6) is 0. The molecule has 0 aliphatic rings. The van der Waals surface area contributed by atoms with Crippen molar-refractivity contribution in [3.8, 4) is 0 Å². The zero-order valence-electron chi connectivity index (χ0n) is 3.25. The van der Waals surface area contributed by atoms with Gasteiger partial charge in [0.2, 0.25) is 0 Å². The van der Waals surface area contributed by atoms with Crippen molar-refractivity contribution in [2.24, 2.45) is 0 Å². The average molecular weight is 300 g/mol. The van der Waals surface area contributed by atoms with Gasteiger partial charge in [0, 0.05) is 27.3 Å². The smallest absolute Gasteiger partial charge is 0.261 e. The molecule has 0 atom stereocenters. The third-order valence-electron chi connectivity index (χ3n) is 0. The third-order valence-corrected chi connectivity index (χ3v) is 0. The molecule has 35 valence electrons. The van der Waals surface area contributed by atoms with Gasteiger partial charge in [0.15, 0.2) is 0 Å². The van der Waals surface area contributed by atoms with Crippen LogP contribution < -0.4 is 0 Å². The van der Waals surface area contributed by atoms with Gasteiger partial charge in [-0.3, -0.25) is 4.55 Å². The van der Waals surface area contributed by atoms with Gasteiger partial charge in [-0.05, 0) is 0 Å². The second-order valence-electron chi connectivity index (χ2n) is 0.733. The minimum absolute atomic E-state index is 0. The van der Waals surface area contributed by atoms with Crippen LogP contribution in [-0.2, 0) is 10.1 Å². The largest absolute Gasteiger partial charge is 0.286 e. The monoisotopic (exact) mass is 301 g/mol. The molecule has 0 saturated carbocycles. The molecule has 0 rings (SSSR count).